The highest BCUT2D eigenvalue weighted by Crippen LogP contribution is 2.41. The molecule has 0 saturated heterocycles. The minimum Gasteiger partial charge on any atom is -0.828 e. The van der Waals surface area contributed by atoms with Crippen LogP contribution in [-0.4, -0.2) is 42.5 Å². The highest BCUT2D eigenvalue weighted by Gasteiger charge is 2.68. The van der Waals surface area contributed by atoms with Gasteiger partial charge < -0.3 is 14.6 Å². The van der Waals surface area contributed by atoms with Gasteiger partial charge in [0.15, 0.2) is 5.60 Å². The lowest BCUT2D eigenvalue weighted by Crippen LogP contribution is -2.71. The van der Waals surface area contributed by atoms with Gasteiger partial charge in [-0.3, -0.25) is 4.79 Å². The molecule has 0 aliphatic heterocycles. The largest absolute Gasteiger partial charge is 0.828 e. The molecule has 0 aliphatic rings. The van der Waals surface area contributed by atoms with Gasteiger partial charge in [-0.2, -0.15) is 26.3 Å². The van der Waals surface area contributed by atoms with Gasteiger partial charge in [0.25, 0.3) is 0 Å². The Morgan fingerprint density at radius 2 is 1.14 bits per heavy atom. The normalized spacial score (nSPS) is 13.7. The molecule has 0 fully saturated rings. The van der Waals surface area contributed by atoms with Crippen LogP contribution in [0.2, 0.25) is 0 Å². The second-order valence-corrected chi connectivity index (χ2v) is 14.5. The Morgan fingerprint density at radius 3 is 1.41 bits per heavy atom. The molecule has 0 N–H and O–H groups in total. The Kier molecular flexibility index (Phi) is 7.94. The summed E-state index contributed by atoms with van der Waals surface area (Å²) in [5, 5.41) is 10.9. The van der Waals surface area contributed by atoms with E-state index in [1.165, 1.54) is 0 Å². The zero-order valence-corrected chi connectivity index (χ0v) is 16.3. The van der Waals surface area contributed by atoms with Crippen LogP contribution < -0.4 is 5.11 Å². The van der Waals surface area contributed by atoms with Crippen LogP contribution in [-0.2, 0) is 19.1 Å². The molecule has 130 valence electrons. The molecule has 0 radical (unpaired) electrons. The molecular weight excluding hydrogens is 671 g/mol. The summed E-state index contributed by atoms with van der Waals surface area (Å²) in [7, 11) is 0. The molecule has 22 heavy (non-hydrogen) atoms. The van der Waals surface area contributed by atoms with E-state index >= 15 is 0 Å². The second-order valence-electron chi connectivity index (χ2n) is 3.45. The van der Waals surface area contributed by atoms with Crippen LogP contribution in [0.3, 0.4) is 0 Å². The van der Waals surface area contributed by atoms with Crippen molar-refractivity contribution in [3.8, 4) is 0 Å². The maximum Gasteiger partial charge on any atom is 0.399 e. The van der Waals surface area contributed by atoms with Crippen molar-refractivity contribution in [1.29, 1.82) is 0 Å². The first kappa shape index (κ1) is 22.7. The Labute approximate surface area is 159 Å². The average Bonchev–Trinajstić information content (AvgIpc) is 2.28. The highest BCUT2D eigenvalue weighted by atomic mass is 127. The third-order valence-electron chi connectivity index (χ3n) is 1.87. The number of halogens is 9. The lowest BCUT2D eigenvalue weighted by Gasteiger charge is -2.40. The molecule has 0 unspecified atom stereocenters. The van der Waals surface area contributed by atoms with E-state index in [4.69, 9.17) is 0 Å². The molecule has 0 spiro atoms. The van der Waals surface area contributed by atoms with Crippen molar-refractivity contribution < 1.29 is 50.5 Å². The molecule has 0 aromatic rings. The van der Waals surface area contributed by atoms with E-state index < -0.39 is 42.5 Å². The quantitative estimate of drug-likeness (QED) is 0.147. The number of esters is 2. The summed E-state index contributed by atoms with van der Waals surface area (Å²) >= 11 is 4.94. The number of alkyl halides is 9. The van der Waals surface area contributed by atoms with E-state index in [0.29, 0.717) is 0 Å². The summed E-state index contributed by atoms with van der Waals surface area (Å²) in [6.45, 7) is -1.92. The standard InChI is InChI=1S/C8H4F6I3O5/c9-7(10,11)5(20,8(12,13)14)3(18)21-1-2-22-4(19)6(15,16)17/h1-2H2/q-1. The zero-order valence-electron chi connectivity index (χ0n) is 9.86. The van der Waals surface area contributed by atoms with Crippen molar-refractivity contribution in [3.63, 3.8) is 0 Å². The predicted octanol–water partition coefficient (Wildman–Crippen LogP) is 2.26. The van der Waals surface area contributed by atoms with E-state index in [1.807, 2.05) is 0 Å². The number of hydrogen-bond acceptors (Lipinski definition) is 5. The van der Waals surface area contributed by atoms with Gasteiger partial charge in [0.2, 0.25) is -0.565 Å². The molecule has 0 rings (SSSR count). The fourth-order valence-corrected chi connectivity index (χ4v) is 1.31. The van der Waals surface area contributed by atoms with Gasteiger partial charge in [0.1, 0.15) is 13.2 Å². The third kappa shape index (κ3) is 5.64. The molecule has 0 saturated carbocycles. The number of carbonyl (C=O) groups excluding carboxylic acids is 2. The van der Waals surface area contributed by atoms with Crippen LogP contribution in [0.1, 0.15) is 0 Å². The van der Waals surface area contributed by atoms with Gasteiger partial charge in [-0.25, -0.2) is 4.79 Å². The van der Waals surface area contributed by atoms with E-state index in [0.717, 1.165) is 0 Å². The Balaban J connectivity index is 4.74. The summed E-state index contributed by atoms with van der Waals surface area (Å²) in [6.07, 6.45) is -12.9. The Hall–Kier alpha value is 0.670. The zero-order chi connectivity index (χ0) is 18.0. The number of ether oxygens (including phenoxy) is 2. The van der Waals surface area contributed by atoms with Crippen molar-refractivity contribution in [3.05, 3.63) is 0 Å². The van der Waals surface area contributed by atoms with Crippen LogP contribution in [0.5, 0.6) is 0 Å². The molecule has 0 heterocycles. The van der Waals surface area contributed by atoms with Crippen molar-refractivity contribution in [2.24, 2.45) is 0 Å². The van der Waals surface area contributed by atoms with Crippen LogP contribution in [0.15, 0.2) is 0 Å². The maximum atomic E-state index is 12.2. The van der Waals surface area contributed by atoms with E-state index in [-0.39, 0.29) is 0 Å². The lowest BCUT2D eigenvalue weighted by atomic mass is 10.0. The van der Waals surface area contributed by atoms with Gasteiger partial charge in [-0.05, 0) is 67.8 Å². The minimum atomic E-state index is -6.43. The average molecular weight is 675 g/mol. The maximum absolute atomic E-state index is 12.2. The van der Waals surface area contributed by atoms with Crippen LogP contribution in [0, 0.1) is 0 Å². The molecule has 0 aromatic heterocycles. The van der Waals surface area contributed by atoms with Gasteiger partial charge in [-0.1, -0.05) is 0 Å². The number of rotatable bonds is 5. The van der Waals surface area contributed by atoms with Gasteiger partial charge >= 0.3 is 24.3 Å². The number of carbonyl (C=O) groups is 2. The van der Waals surface area contributed by atoms with E-state index in [9.17, 15) is 41.0 Å². The van der Waals surface area contributed by atoms with Crippen LogP contribution >= 0.6 is 67.8 Å². The van der Waals surface area contributed by atoms with Gasteiger partial charge in [-0.15, -0.1) is 0 Å². The van der Waals surface area contributed by atoms with E-state index in [2.05, 4.69) is 9.47 Å². The van der Waals surface area contributed by atoms with E-state index in [1.54, 1.807) is 67.8 Å². The highest BCUT2D eigenvalue weighted by molar-refractivity contribution is 14.3. The van der Waals surface area contributed by atoms with Crippen molar-refractivity contribution in [2.75, 3.05) is 13.2 Å². The number of hydrogen-bond donors (Lipinski definition) is 0. The fraction of sp³-hybridized carbons (Fsp3) is 0.750. The minimum absolute atomic E-state index is 0.798. The lowest BCUT2D eigenvalue weighted by molar-refractivity contribution is -0.574. The molecule has 0 aromatic carbocycles. The van der Waals surface area contributed by atoms with Gasteiger partial charge in [0, 0.05) is 0 Å². The molecular formula is C8H4F6I3O5-. The molecule has 0 aliphatic carbocycles. The summed E-state index contributed by atoms with van der Waals surface area (Å²) in [5.74, 6) is -3.92. The summed E-state index contributed by atoms with van der Waals surface area (Å²) in [5.41, 5.74) is -5.90. The third-order valence-corrected chi connectivity index (χ3v) is 3.19. The molecule has 0 bridgehead atoms. The van der Waals surface area contributed by atoms with Gasteiger partial charge in [0.05, 0.1) is 0 Å². The van der Waals surface area contributed by atoms with Crippen molar-refractivity contribution in [1.82, 2.24) is 0 Å². The first-order valence-electron chi connectivity index (χ1n) is 4.80. The van der Waals surface area contributed by atoms with Crippen molar-refractivity contribution in [2.45, 2.75) is 17.4 Å². The smallest absolute Gasteiger partial charge is 0.399 e. The Morgan fingerprint density at radius 1 is 0.818 bits per heavy atom. The van der Waals surface area contributed by atoms with Crippen molar-refractivity contribution >= 4 is 79.7 Å². The van der Waals surface area contributed by atoms with Crippen LogP contribution in [0.25, 0.3) is 0 Å². The molecule has 0 amide bonds. The first-order chi connectivity index (χ1) is 9.55. The SMILES string of the molecule is O=C(OCCOC(=O)C([O-])(C(F)(F)F)C(F)(F)F)C(I)(I)I. The molecule has 0 atom stereocenters. The summed E-state index contributed by atoms with van der Waals surface area (Å²) in [6, 6.07) is 0. The predicted molar refractivity (Wildman–Crippen MR) is 81.5 cm³/mol. The van der Waals surface area contributed by atoms with Crippen LogP contribution in [0.4, 0.5) is 26.3 Å². The monoisotopic (exact) mass is 675 g/mol. The summed E-state index contributed by atoms with van der Waals surface area (Å²) in [4.78, 5) is 22.1. The topological polar surface area (TPSA) is 75.7 Å². The molecule has 14 heteroatoms. The second kappa shape index (κ2) is 7.70. The summed E-state index contributed by atoms with van der Waals surface area (Å²) < 4.78 is 80.4. The first-order valence-corrected chi connectivity index (χ1v) is 8.04. The fourth-order valence-electron chi connectivity index (χ4n) is 0.844. The Bertz CT molecular complexity index is 415. The molecule has 5 nitrogen and oxygen atoms in total.